The van der Waals surface area contributed by atoms with E-state index in [-0.39, 0.29) is 5.56 Å². The van der Waals surface area contributed by atoms with Gasteiger partial charge in [0.05, 0.1) is 16.3 Å². The van der Waals surface area contributed by atoms with Gasteiger partial charge in [-0.1, -0.05) is 17.7 Å². The summed E-state index contributed by atoms with van der Waals surface area (Å²) in [5, 5.41) is 14.1. The lowest BCUT2D eigenvalue weighted by atomic mass is 10.0. The highest BCUT2D eigenvalue weighted by atomic mass is 35.5. The van der Waals surface area contributed by atoms with Crippen LogP contribution in [0.3, 0.4) is 0 Å². The predicted octanol–water partition coefficient (Wildman–Crippen LogP) is 4.28. The minimum atomic E-state index is -1.08. The molecule has 0 unspecified atom stereocenters. The molecule has 0 aliphatic carbocycles. The number of aromatic carboxylic acids is 1. The van der Waals surface area contributed by atoms with E-state index in [1.165, 1.54) is 17.4 Å². The number of benzene rings is 1. The second-order valence-electron chi connectivity index (χ2n) is 4.83. The molecule has 0 spiro atoms. The maximum absolute atomic E-state index is 12.3. The molecule has 1 aromatic heterocycles. The van der Waals surface area contributed by atoms with E-state index < -0.39 is 11.9 Å². The third kappa shape index (κ3) is 3.09. The van der Waals surface area contributed by atoms with Gasteiger partial charge in [-0.2, -0.15) is 0 Å². The van der Waals surface area contributed by atoms with Gasteiger partial charge in [0.25, 0.3) is 5.91 Å². The summed E-state index contributed by atoms with van der Waals surface area (Å²) < 4.78 is 0. The molecule has 0 aliphatic heterocycles. The average Bonchev–Trinajstić information content (AvgIpc) is 2.72. The van der Waals surface area contributed by atoms with Crippen molar-refractivity contribution in [3.8, 4) is 0 Å². The van der Waals surface area contributed by atoms with Gasteiger partial charge in [-0.05, 0) is 48.9 Å². The van der Waals surface area contributed by atoms with E-state index in [9.17, 15) is 14.7 Å². The number of hydrogen-bond acceptors (Lipinski definition) is 3. The van der Waals surface area contributed by atoms with Crippen LogP contribution in [0.4, 0.5) is 5.69 Å². The predicted molar refractivity (Wildman–Crippen MR) is 84.9 cm³/mol. The number of carbonyl (C=O) groups excluding carboxylic acids is 1. The number of amides is 1. The molecule has 4 nitrogen and oxygen atoms in total. The number of carboxylic acid groups (broad SMARTS) is 1. The summed E-state index contributed by atoms with van der Waals surface area (Å²) in [6.07, 6.45) is 0. The molecule has 0 saturated carbocycles. The first-order valence-corrected chi connectivity index (χ1v) is 7.46. The van der Waals surface area contributed by atoms with Gasteiger partial charge in [0.1, 0.15) is 4.88 Å². The van der Waals surface area contributed by atoms with Crippen molar-refractivity contribution in [2.75, 3.05) is 5.32 Å². The smallest absolute Gasteiger partial charge is 0.337 e. The van der Waals surface area contributed by atoms with Crippen molar-refractivity contribution in [2.24, 2.45) is 0 Å². The highest BCUT2D eigenvalue weighted by molar-refractivity contribution is 7.13. The van der Waals surface area contributed by atoms with E-state index >= 15 is 0 Å². The summed E-state index contributed by atoms with van der Waals surface area (Å²) in [6, 6.07) is 3.36. The molecule has 0 bridgehead atoms. The lowest BCUT2D eigenvalue weighted by molar-refractivity contribution is 0.0698. The van der Waals surface area contributed by atoms with Gasteiger partial charge < -0.3 is 10.4 Å². The second kappa shape index (κ2) is 5.87. The molecule has 0 aliphatic rings. The SMILES string of the molecule is Cc1cc(C)c(NC(=O)c2scc(C)c2Cl)c(C(=O)O)c1. The molecule has 6 heteroatoms. The fourth-order valence-corrected chi connectivity index (χ4v) is 3.23. The van der Waals surface area contributed by atoms with Crippen LogP contribution >= 0.6 is 22.9 Å². The monoisotopic (exact) mass is 323 g/mol. The van der Waals surface area contributed by atoms with Gasteiger partial charge in [0.2, 0.25) is 0 Å². The maximum atomic E-state index is 12.3. The Morgan fingerprint density at radius 2 is 1.86 bits per heavy atom. The first-order chi connectivity index (χ1) is 9.81. The first-order valence-electron chi connectivity index (χ1n) is 6.20. The first kappa shape index (κ1) is 15.5. The average molecular weight is 324 g/mol. The number of nitrogens with one attached hydrogen (secondary N) is 1. The van der Waals surface area contributed by atoms with Crippen LogP contribution in [-0.4, -0.2) is 17.0 Å². The third-order valence-corrected chi connectivity index (χ3v) is 4.75. The number of rotatable bonds is 3. The summed E-state index contributed by atoms with van der Waals surface area (Å²) in [7, 11) is 0. The number of carboxylic acids is 1. The Kier molecular flexibility index (Phi) is 4.34. The zero-order chi connectivity index (χ0) is 15.7. The van der Waals surface area contributed by atoms with Gasteiger partial charge in [-0.3, -0.25) is 4.79 Å². The van der Waals surface area contributed by atoms with E-state index in [2.05, 4.69) is 5.32 Å². The zero-order valence-corrected chi connectivity index (χ0v) is 13.4. The summed E-state index contributed by atoms with van der Waals surface area (Å²) in [4.78, 5) is 24.0. The minimum absolute atomic E-state index is 0.0743. The second-order valence-corrected chi connectivity index (χ2v) is 6.08. The third-order valence-electron chi connectivity index (χ3n) is 3.05. The van der Waals surface area contributed by atoms with Crippen molar-refractivity contribution in [3.63, 3.8) is 0 Å². The Morgan fingerprint density at radius 1 is 1.19 bits per heavy atom. The van der Waals surface area contributed by atoms with E-state index in [0.29, 0.717) is 21.2 Å². The van der Waals surface area contributed by atoms with Gasteiger partial charge in [0.15, 0.2) is 0 Å². The van der Waals surface area contributed by atoms with Crippen LogP contribution in [0.25, 0.3) is 0 Å². The molecule has 0 atom stereocenters. The van der Waals surface area contributed by atoms with E-state index in [4.69, 9.17) is 11.6 Å². The van der Waals surface area contributed by atoms with Crippen LogP contribution in [0.5, 0.6) is 0 Å². The van der Waals surface area contributed by atoms with Crippen LogP contribution in [0.1, 0.15) is 36.7 Å². The van der Waals surface area contributed by atoms with Crippen LogP contribution in [-0.2, 0) is 0 Å². The van der Waals surface area contributed by atoms with E-state index in [0.717, 1.165) is 11.1 Å². The maximum Gasteiger partial charge on any atom is 0.337 e. The fourth-order valence-electron chi connectivity index (χ4n) is 2.06. The topological polar surface area (TPSA) is 66.4 Å². The Balaban J connectivity index is 2.42. The van der Waals surface area contributed by atoms with Gasteiger partial charge >= 0.3 is 5.97 Å². The number of hydrogen-bond donors (Lipinski definition) is 2. The van der Waals surface area contributed by atoms with Crippen molar-refractivity contribution in [3.05, 3.63) is 49.7 Å². The molecule has 21 heavy (non-hydrogen) atoms. The largest absolute Gasteiger partial charge is 0.478 e. The molecule has 0 fully saturated rings. The number of carbonyl (C=O) groups is 2. The summed E-state index contributed by atoms with van der Waals surface area (Å²) in [6.45, 7) is 5.39. The number of anilines is 1. The zero-order valence-electron chi connectivity index (χ0n) is 11.8. The normalized spacial score (nSPS) is 10.5. The van der Waals surface area contributed by atoms with Crippen molar-refractivity contribution in [1.29, 1.82) is 0 Å². The molecule has 2 aromatic rings. The summed E-state index contributed by atoms with van der Waals surface area (Å²) >= 11 is 7.31. The lowest BCUT2D eigenvalue weighted by Gasteiger charge is -2.12. The molecule has 1 heterocycles. The molecule has 1 aromatic carbocycles. The van der Waals surface area contributed by atoms with Crippen molar-refractivity contribution in [2.45, 2.75) is 20.8 Å². The highest BCUT2D eigenvalue weighted by Crippen LogP contribution is 2.29. The number of thiophene rings is 1. The van der Waals surface area contributed by atoms with E-state index in [1.807, 2.05) is 19.9 Å². The highest BCUT2D eigenvalue weighted by Gasteiger charge is 2.19. The van der Waals surface area contributed by atoms with Crippen LogP contribution in [0.2, 0.25) is 5.02 Å². The van der Waals surface area contributed by atoms with E-state index in [1.54, 1.807) is 12.3 Å². The quantitative estimate of drug-likeness (QED) is 0.886. The van der Waals surface area contributed by atoms with Gasteiger partial charge in [-0.25, -0.2) is 4.79 Å². The molecular formula is C15H14ClNO3S. The lowest BCUT2D eigenvalue weighted by Crippen LogP contribution is -2.15. The Labute approximate surface area is 131 Å². The number of aryl methyl sites for hydroxylation is 3. The summed E-state index contributed by atoms with van der Waals surface area (Å²) in [5.74, 6) is -1.47. The molecule has 2 N–H and O–H groups in total. The van der Waals surface area contributed by atoms with Crippen LogP contribution in [0, 0.1) is 20.8 Å². The standard InChI is InChI=1S/C15H14ClNO3S/c1-7-4-8(2)12(10(5-7)15(19)20)17-14(18)13-11(16)9(3)6-21-13/h4-6H,1-3H3,(H,17,18)(H,19,20). The molecule has 0 saturated heterocycles. The minimum Gasteiger partial charge on any atom is -0.478 e. The molecule has 1 amide bonds. The molecule has 110 valence electrons. The van der Waals surface area contributed by atoms with Gasteiger partial charge in [-0.15, -0.1) is 11.3 Å². The Bertz CT molecular complexity index is 737. The summed E-state index contributed by atoms with van der Waals surface area (Å²) in [5.41, 5.74) is 2.73. The number of halogens is 1. The molecular weight excluding hydrogens is 310 g/mol. The van der Waals surface area contributed by atoms with Crippen molar-refractivity contribution >= 4 is 40.5 Å². The van der Waals surface area contributed by atoms with Crippen LogP contribution in [0.15, 0.2) is 17.5 Å². The molecule has 2 rings (SSSR count). The van der Waals surface area contributed by atoms with Crippen LogP contribution < -0.4 is 5.32 Å². The Hall–Kier alpha value is -1.85. The van der Waals surface area contributed by atoms with Crippen molar-refractivity contribution in [1.82, 2.24) is 0 Å². The molecule has 0 radical (unpaired) electrons. The fraction of sp³-hybridized carbons (Fsp3) is 0.200. The van der Waals surface area contributed by atoms with Crippen molar-refractivity contribution < 1.29 is 14.7 Å². The van der Waals surface area contributed by atoms with Gasteiger partial charge in [0, 0.05) is 0 Å². The Morgan fingerprint density at radius 3 is 2.38 bits per heavy atom.